The minimum absolute atomic E-state index is 0.843. The standard InChI is InChI=1S/C9H6N4S/c1-3-11-9(13-6-10-5-12-13)8-7(1)2-4-14-8/h1-6H. The molecule has 0 aliphatic rings. The van der Waals surface area contributed by atoms with E-state index >= 15 is 0 Å². The van der Waals surface area contributed by atoms with Gasteiger partial charge in [-0.2, -0.15) is 5.10 Å². The lowest BCUT2D eigenvalue weighted by Crippen LogP contribution is -1.96. The van der Waals surface area contributed by atoms with Crippen LogP contribution < -0.4 is 0 Å². The van der Waals surface area contributed by atoms with Crippen LogP contribution in [0.1, 0.15) is 0 Å². The molecular weight excluding hydrogens is 196 g/mol. The predicted molar refractivity (Wildman–Crippen MR) is 54.5 cm³/mol. The molecule has 0 spiro atoms. The quantitative estimate of drug-likeness (QED) is 0.605. The van der Waals surface area contributed by atoms with Gasteiger partial charge in [0.2, 0.25) is 0 Å². The maximum absolute atomic E-state index is 4.29. The largest absolute Gasteiger partial charge is 0.236 e. The van der Waals surface area contributed by atoms with Crippen LogP contribution >= 0.6 is 11.3 Å². The lowest BCUT2D eigenvalue weighted by Gasteiger charge is -1.99. The van der Waals surface area contributed by atoms with Crippen LogP contribution in [0, 0.1) is 0 Å². The van der Waals surface area contributed by atoms with Crippen molar-refractivity contribution in [1.82, 2.24) is 19.7 Å². The molecule has 0 amide bonds. The Balaban J connectivity index is 2.36. The fourth-order valence-electron chi connectivity index (χ4n) is 1.36. The Morgan fingerprint density at radius 3 is 3.14 bits per heavy atom. The summed E-state index contributed by atoms with van der Waals surface area (Å²) in [5, 5.41) is 7.30. The molecule has 0 saturated heterocycles. The minimum atomic E-state index is 0.843. The van der Waals surface area contributed by atoms with E-state index in [1.807, 2.05) is 11.4 Å². The number of rotatable bonds is 1. The Kier molecular flexibility index (Phi) is 1.57. The molecule has 0 N–H and O–H groups in total. The summed E-state index contributed by atoms with van der Waals surface area (Å²) in [5.74, 6) is 0.843. The van der Waals surface area contributed by atoms with Gasteiger partial charge in [-0.05, 0) is 22.9 Å². The van der Waals surface area contributed by atoms with Crippen LogP contribution in [0.5, 0.6) is 0 Å². The normalized spacial score (nSPS) is 10.9. The molecule has 0 atom stereocenters. The first-order valence-corrected chi connectivity index (χ1v) is 5.00. The molecule has 0 saturated carbocycles. The molecule has 68 valence electrons. The van der Waals surface area contributed by atoms with E-state index in [0.29, 0.717) is 0 Å². The van der Waals surface area contributed by atoms with Crippen molar-refractivity contribution in [2.75, 3.05) is 0 Å². The van der Waals surface area contributed by atoms with E-state index in [1.54, 1.807) is 28.5 Å². The van der Waals surface area contributed by atoms with Crippen molar-refractivity contribution in [2.45, 2.75) is 0 Å². The zero-order chi connectivity index (χ0) is 9.38. The summed E-state index contributed by atoms with van der Waals surface area (Å²) in [6.07, 6.45) is 4.95. The molecule has 0 aromatic carbocycles. The third-order valence-electron chi connectivity index (χ3n) is 1.99. The first kappa shape index (κ1) is 7.64. The highest BCUT2D eigenvalue weighted by Crippen LogP contribution is 2.24. The van der Waals surface area contributed by atoms with Crippen molar-refractivity contribution in [2.24, 2.45) is 0 Å². The van der Waals surface area contributed by atoms with E-state index in [2.05, 4.69) is 21.1 Å². The summed E-state index contributed by atoms with van der Waals surface area (Å²) in [6, 6.07) is 4.06. The van der Waals surface area contributed by atoms with E-state index in [9.17, 15) is 0 Å². The van der Waals surface area contributed by atoms with Crippen molar-refractivity contribution in [1.29, 1.82) is 0 Å². The van der Waals surface area contributed by atoms with Gasteiger partial charge in [-0.15, -0.1) is 11.3 Å². The highest BCUT2D eigenvalue weighted by molar-refractivity contribution is 7.17. The number of hydrogen-bond acceptors (Lipinski definition) is 4. The summed E-state index contributed by atoms with van der Waals surface area (Å²) >= 11 is 1.66. The lowest BCUT2D eigenvalue weighted by atomic mass is 10.3. The lowest BCUT2D eigenvalue weighted by molar-refractivity contribution is 0.856. The summed E-state index contributed by atoms with van der Waals surface area (Å²) in [4.78, 5) is 8.20. The van der Waals surface area contributed by atoms with Gasteiger partial charge in [0, 0.05) is 6.20 Å². The van der Waals surface area contributed by atoms with Crippen LogP contribution in [-0.4, -0.2) is 19.7 Å². The summed E-state index contributed by atoms with van der Waals surface area (Å²) in [5.41, 5.74) is 0. The highest BCUT2D eigenvalue weighted by atomic mass is 32.1. The van der Waals surface area contributed by atoms with E-state index < -0.39 is 0 Å². The second-order valence-electron chi connectivity index (χ2n) is 2.81. The zero-order valence-electron chi connectivity index (χ0n) is 7.16. The van der Waals surface area contributed by atoms with Crippen molar-refractivity contribution < 1.29 is 0 Å². The third kappa shape index (κ3) is 1.03. The predicted octanol–water partition coefficient (Wildman–Crippen LogP) is 1.88. The van der Waals surface area contributed by atoms with Crippen LogP contribution in [0.25, 0.3) is 15.9 Å². The number of aromatic nitrogens is 4. The Morgan fingerprint density at radius 1 is 1.29 bits per heavy atom. The fraction of sp³-hybridized carbons (Fsp3) is 0. The van der Waals surface area contributed by atoms with Crippen molar-refractivity contribution >= 4 is 21.4 Å². The number of fused-ring (bicyclic) bond motifs is 1. The van der Waals surface area contributed by atoms with Crippen LogP contribution in [0.2, 0.25) is 0 Å². The van der Waals surface area contributed by atoms with Gasteiger partial charge in [0.25, 0.3) is 0 Å². The fourth-order valence-corrected chi connectivity index (χ4v) is 2.23. The molecule has 14 heavy (non-hydrogen) atoms. The third-order valence-corrected chi connectivity index (χ3v) is 2.91. The van der Waals surface area contributed by atoms with Gasteiger partial charge >= 0.3 is 0 Å². The second kappa shape index (κ2) is 2.88. The van der Waals surface area contributed by atoms with E-state index in [1.165, 1.54) is 11.7 Å². The number of nitrogens with zero attached hydrogens (tertiary/aromatic N) is 4. The van der Waals surface area contributed by atoms with Crippen LogP contribution in [0.3, 0.4) is 0 Å². The van der Waals surface area contributed by atoms with E-state index in [4.69, 9.17) is 0 Å². The Labute approximate surface area is 83.9 Å². The number of hydrogen-bond donors (Lipinski definition) is 0. The van der Waals surface area contributed by atoms with Crippen LogP contribution in [-0.2, 0) is 0 Å². The Hall–Kier alpha value is -1.75. The molecule has 0 radical (unpaired) electrons. The highest BCUT2D eigenvalue weighted by Gasteiger charge is 2.05. The minimum Gasteiger partial charge on any atom is -0.236 e. The monoisotopic (exact) mass is 202 g/mol. The van der Waals surface area contributed by atoms with E-state index in [0.717, 1.165) is 10.5 Å². The molecule has 5 heteroatoms. The van der Waals surface area contributed by atoms with Gasteiger partial charge in [-0.1, -0.05) is 0 Å². The Morgan fingerprint density at radius 2 is 2.29 bits per heavy atom. The number of thiophene rings is 1. The first-order chi connectivity index (χ1) is 6.95. The number of pyridine rings is 1. The molecule has 3 rings (SSSR count). The molecule has 4 nitrogen and oxygen atoms in total. The summed E-state index contributed by atoms with van der Waals surface area (Å²) in [7, 11) is 0. The molecule has 0 unspecified atom stereocenters. The van der Waals surface area contributed by atoms with Crippen molar-refractivity contribution in [3.8, 4) is 5.82 Å². The maximum atomic E-state index is 4.29. The van der Waals surface area contributed by atoms with Gasteiger partial charge in [0.15, 0.2) is 5.82 Å². The Bertz CT molecular complexity index is 555. The summed E-state index contributed by atoms with van der Waals surface area (Å²) in [6.45, 7) is 0. The molecule has 0 bridgehead atoms. The van der Waals surface area contributed by atoms with E-state index in [-0.39, 0.29) is 0 Å². The maximum Gasteiger partial charge on any atom is 0.173 e. The second-order valence-corrected chi connectivity index (χ2v) is 3.73. The van der Waals surface area contributed by atoms with Crippen molar-refractivity contribution in [3.63, 3.8) is 0 Å². The SMILES string of the molecule is c1cc2ccsc2c(-n2cncn2)n1. The average Bonchev–Trinajstić information content (AvgIpc) is 2.88. The first-order valence-electron chi connectivity index (χ1n) is 4.12. The smallest absolute Gasteiger partial charge is 0.173 e. The molecule has 3 heterocycles. The molecule has 0 aliphatic carbocycles. The van der Waals surface area contributed by atoms with Gasteiger partial charge < -0.3 is 0 Å². The van der Waals surface area contributed by atoms with Crippen LogP contribution in [0.15, 0.2) is 36.4 Å². The zero-order valence-corrected chi connectivity index (χ0v) is 7.98. The van der Waals surface area contributed by atoms with Gasteiger partial charge in [-0.3, -0.25) is 0 Å². The van der Waals surface area contributed by atoms with Gasteiger partial charge in [0.1, 0.15) is 12.7 Å². The van der Waals surface area contributed by atoms with Crippen LogP contribution in [0.4, 0.5) is 0 Å². The molecule has 0 aliphatic heterocycles. The van der Waals surface area contributed by atoms with Gasteiger partial charge in [0.05, 0.1) is 4.70 Å². The molecule has 3 aromatic heterocycles. The summed E-state index contributed by atoms with van der Waals surface area (Å²) < 4.78 is 2.82. The van der Waals surface area contributed by atoms with Gasteiger partial charge in [-0.25, -0.2) is 14.6 Å². The molecule has 0 fully saturated rings. The average molecular weight is 202 g/mol. The topological polar surface area (TPSA) is 43.6 Å². The molecular formula is C9H6N4S. The molecule has 3 aromatic rings. The van der Waals surface area contributed by atoms with Crippen molar-refractivity contribution in [3.05, 3.63) is 36.4 Å².